The lowest BCUT2D eigenvalue weighted by Gasteiger charge is -2.38. The summed E-state index contributed by atoms with van der Waals surface area (Å²) in [5.74, 6) is 0. The second kappa shape index (κ2) is 7.28. The van der Waals surface area contributed by atoms with Gasteiger partial charge >= 0.3 is 0 Å². The van der Waals surface area contributed by atoms with Gasteiger partial charge in [0.05, 0.1) is 29.5 Å². The summed E-state index contributed by atoms with van der Waals surface area (Å²) in [4.78, 5) is 14.3. The van der Waals surface area contributed by atoms with Crippen molar-refractivity contribution in [3.8, 4) is 0 Å². The standard InChI is InChI=1S/C12H17N3O4.ClH/c16-7-5-13-3-4-14(6-8-17)12-9-10(15(18)19)1-2-11(12)13;/h1-2,9,16-17H,3-8H2;1H. The Hall–Kier alpha value is -1.57. The van der Waals surface area contributed by atoms with E-state index in [4.69, 9.17) is 10.2 Å². The van der Waals surface area contributed by atoms with E-state index in [2.05, 4.69) is 0 Å². The topological polar surface area (TPSA) is 90.1 Å². The van der Waals surface area contributed by atoms with E-state index < -0.39 is 4.92 Å². The van der Waals surface area contributed by atoms with Gasteiger partial charge in [-0.3, -0.25) is 10.1 Å². The van der Waals surface area contributed by atoms with E-state index in [1.807, 2.05) is 9.80 Å². The largest absolute Gasteiger partial charge is 0.395 e. The average Bonchev–Trinajstić information content (AvgIpc) is 2.41. The molecule has 1 aromatic carbocycles. The number of benzene rings is 1. The number of aliphatic hydroxyl groups is 2. The average molecular weight is 304 g/mol. The minimum absolute atomic E-state index is 0. The van der Waals surface area contributed by atoms with Crippen LogP contribution in [0.5, 0.6) is 0 Å². The lowest BCUT2D eigenvalue weighted by Crippen LogP contribution is -2.43. The first-order chi connectivity index (χ1) is 9.17. The Morgan fingerprint density at radius 3 is 2.15 bits per heavy atom. The quantitative estimate of drug-likeness (QED) is 0.612. The first kappa shape index (κ1) is 16.5. The number of β-amino-alcohol motifs (C(OH)–C–C–N with tert-alkyl or cyclic N) is 2. The van der Waals surface area contributed by atoms with Crippen LogP contribution in [-0.2, 0) is 0 Å². The molecule has 20 heavy (non-hydrogen) atoms. The number of rotatable bonds is 5. The number of aliphatic hydroxyl groups excluding tert-OH is 2. The van der Waals surface area contributed by atoms with Crippen LogP contribution < -0.4 is 9.80 Å². The summed E-state index contributed by atoms with van der Waals surface area (Å²) in [5.41, 5.74) is 1.63. The highest BCUT2D eigenvalue weighted by Crippen LogP contribution is 2.35. The molecule has 1 heterocycles. The normalized spacial score (nSPS) is 13.7. The maximum Gasteiger partial charge on any atom is 0.271 e. The molecule has 0 saturated heterocycles. The van der Waals surface area contributed by atoms with Crippen LogP contribution in [0.4, 0.5) is 17.1 Å². The lowest BCUT2D eigenvalue weighted by molar-refractivity contribution is -0.384. The van der Waals surface area contributed by atoms with Gasteiger partial charge in [-0.25, -0.2) is 0 Å². The molecule has 0 bridgehead atoms. The summed E-state index contributed by atoms with van der Waals surface area (Å²) in [5, 5.41) is 29.0. The van der Waals surface area contributed by atoms with Crippen molar-refractivity contribution in [1.82, 2.24) is 0 Å². The van der Waals surface area contributed by atoms with Crippen molar-refractivity contribution in [2.75, 3.05) is 49.2 Å². The number of halogens is 1. The van der Waals surface area contributed by atoms with Crippen molar-refractivity contribution >= 4 is 29.5 Å². The predicted molar refractivity (Wildman–Crippen MR) is 78.9 cm³/mol. The molecule has 2 N–H and O–H groups in total. The SMILES string of the molecule is Cl.O=[N+]([O-])c1ccc2c(c1)N(CCO)CCN2CCO. The van der Waals surface area contributed by atoms with E-state index in [-0.39, 0.29) is 31.3 Å². The molecular formula is C12H18ClN3O4. The minimum atomic E-state index is -0.428. The number of hydrogen-bond acceptors (Lipinski definition) is 6. The molecule has 7 nitrogen and oxygen atoms in total. The van der Waals surface area contributed by atoms with Gasteiger partial charge in [-0.15, -0.1) is 12.4 Å². The van der Waals surface area contributed by atoms with Crippen LogP contribution in [0.25, 0.3) is 0 Å². The fourth-order valence-electron chi connectivity index (χ4n) is 2.33. The number of nitro groups is 1. The molecule has 1 aliphatic heterocycles. The number of nitro benzene ring substituents is 1. The van der Waals surface area contributed by atoms with Crippen LogP contribution >= 0.6 is 12.4 Å². The molecule has 0 unspecified atom stereocenters. The molecule has 0 aliphatic carbocycles. The van der Waals surface area contributed by atoms with Gasteiger partial charge in [0.15, 0.2) is 0 Å². The number of nitrogens with zero attached hydrogens (tertiary/aromatic N) is 3. The van der Waals surface area contributed by atoms with E-state index in [0.29, 0.717) is 19.6 Å². The van der Waals surface area contributed by atoms with Gasteiger partial charge in [-0.05, 0) is 6.07 Å². The molecule has 0 atom stereocenters. The fourth-order valence-corrected chi connectivity index (χ4v) is 2.33. The van der Waals surface area contributed by atoms with Crippen molar-refractivity contribution < 1.29 is 15.1 Å². The number of anilines is 2. The molecule has 1 aliphatic rings. The van der Waals surface area contributed by atoms with Crippen LogP contribution in [0.15, 0.2) is 18.2 Å². The second-order valence-corrected chi connectivity index (χ2v) is 4.35. The highest BCUT2D eigenvalue weighted by molar-refractivity contribution is 5.85. The van der Waals surface area contributed by atoms with Gasteiger partial charge in [0, 0.05) is 38.3 Å². The van der Waals surface area contributed by atoms with Crippen molar-refractivity contribution in [3.05, 3.63) is 28.3 Å². The van der Waals surface area contributed by atoms with Gasteiger partial charge in [-0.1, -0.05) is 0 Å². The molecule has 0 fully saturated rings. The Bertz CT molecular complexity index is 472. The van der Waals surface area contributed by atoms with Crippen LogP contribution in [0.2, 0.25) is 0 Å². The Morgan fingerprint density at radius 1 is 1.10 bits per heavy atom. The Labute approximate surface area is 123 Å². The van der Waals surface area contributed by atoms with E-state index >= 15 is 0 Å². The van der Waals surface area contributed by atoms with Crippen LogP contribution in [0.3, 0.4) is 0 Å². The fraction of sp³-hybridized carbons (Fsp3) is 0.500. The van der Waals surface area contributed by atoms with Gasteiger partial charge in [0.2, 0.25) is 0 Å². The van der Waals surface area contributed by atoms with E-state index in [1.54, 1.807) is 6.07 Å². The molecule has 1 aromatic rings. The Kier molecular flexibility index (Phi) is 6.00. The molecular weight excluding hydrogens is 286 g/mol. The number of hydrogen-bond donors (Lipinski definition) is 2. The molecule has 0 aromatic heterocycles. The lowest BCUT2D eigenvalue weighted by atomic mass is 10.1. The summed E-state index contributed by atoms with van der Waals surface area (Å²) in [7, 11) is 0. The first-order valence-electron chi connectivity index (χ1n) is 6.17. The van der Waals surface area contributed by atoms with Crippen LogP contribution in [-0.4, -0.2) is 54.5 Å². The molecule has 0 saturated carbocycles. The molecule has 8 heteroatoms. The molecule has 0 radical (unpaired) electrons. The number of non-ortho nitro benzene ring substituents is 1. The molecule has 112 valence electrons. The Balaban J connectivity index is 0.00000200. The van der Waals surface area contributed by atoms with Gasteiger partial charge in [0.25, 0.3) is 5.69 Å². The van der Waals surface area contributed by atoms with Gasteiger partial charge in [-0.2, -0.15) is 0 Å². The second-order valence-electron chi connectivity index (χ2n) is 4.35. The molecule has 0 spiro atoms. The van der Waals surface area contributed by atoms with Crippen LogP contribution in [0, 0.1) is 10.1 Å². The first-order valence-corrected chi connectivity index (χ1v) is 6.17. The zero-order valence-corrected chi connectivity index (χ0v) is 11.8. The smallest absolute Gasteiger partial charge is 0.271 e. The molecule has 2 rings (SSSR count). The highest BCUT2D eigenvalue weighted by atomic mass is 35.5. The molecule has 0 amide bonds. The third-order valence-corrected chi connectivity index (χ3v) is 3.23. The summed E-state index contributed by atoms with van der Waals surface area (Å²) in [6.07, 6.45) is 0. The van der Waals surface area contributed by atoms with E-state index in [0.717, 1.165) is 17.9 Å². The van der Waals surface area contributed by atoms with Crippen molar-refractivity contribution in [1.29, 1.82) is 0 Å². The zero-order chi connectivity index (χ0) is 13.8. The van der Waals surface area contributed by atoms with Crippen molar-refractivity contribution in [2.24, 2.45) is 0 Å². The van der Waals surface area contributed by atoms with Gasteiger partial charge < -0.3 is 20.0 Å². The van der Waals surface area contributed by atoms with Gasteiger partial charge in [0.1, 0.15) is 0 Å². The maximum absolute atomic E-state index is 10.8. The Morgan fingerprint density at radius 2 is 1.65 bits per heavy atom. The summed E-state index contributed by atoms with van der Waals surface area (Å²) < 4.78 is 0. The summed E-state index contributed by atoms with van der Waals surface area (Å²) in [6.45, 7) is 2.39. The maximum atomic E-state index is 10.8. The predicted octanol–water partition coefficient (Wildman–Crippen LogP) is 0.628. The zero-order valence-electron chi connectivity index (χ0n) is 10.9. The van der Waals surface area contributed by atoms with Crippen LogP contribution in [0.1, 0.15) is 0 Å². The number of fused-ring (bicyclic) bond motifs is 1. The van der Waals surface area contributed by atoms with Crippen molar-refractivity contribution in [2.45, 2.75) is 0 Å². The third kappa shape index (κ3) is 3.30. The van der Waals surface area contributed by atoms with E-state index in [9.17, 15) is 10.1 Å². The third-order valence-electron chi connectivity index (χ3n) is 3.23. The minimum Gasteiger partial charge on any atom is -0.395 e. The summed E-state index contributed by atoms with van der Waals surface area (Å²) in [6, 6.07) is 4.69. The monoisotopic (exact) mass is 303 g/mol. The summed E-state index contributed by atoms with van der Waals surface area (Å²) >= 11 is 0. The van der Waals surface area contributed by atoms with E-state index in [1.165, 1.54) is 12.1 Å². The van der Waals surface area contributed by atoms with Crippen molar-refractivity contribution in [3.63, 3.8) is 0 Å². The highest BCUT2D eigenvalue weighted by Gasteiger charge is 2.24.